The van der Waals surface area contributed by atoms with Crippen LogP contribution in [0.1, 0.15) is 16.7 Å². The number of benzene rings is 1. The lowest BCUT2D eigenvalue weighted by Crippen LogP contribution is -2.34. The molecule has 2 N–H and O–H groups in total. The average molecular weight is 218 g/mol. The van der Waals surface area contributed by atoms with Crippen LogP contribution in [0.4, 0.5) is 13.2 Å². The minimum atomic E-state index is -1.88. The molecule has 0 aliphatic heterocycles. The summed E-state index contributed by atoms with van der Waals surface area (Å²) in [7, 11) is -1.88. The predicted molar refractivity (Wildman–Crippen MR) is 50.7 cm³/mol. The average Bonchev–Trinajstić information content (AvgIpc) is 2.26. The SMILES string of the molecule is OB(O)c1ccc(CF)c(CF)c1CF. The molecule has 15 heavy (non-hydrogen) atoms. The monoisotopic (exact) mass is 218 g/mol. The summed E-state index contributed by atoms with van der Waals surface area (Å²) in [5.41, 5.74) is -0.398. The van der Waals surface area contributed by atoms with E-state index in [0.29, 0.717) is 0 Å². The second-order valence-electron chi connectivity index (χ2n) is 3.05. The summed E-state index contributed by atoms with van der Waals surface area (Å²) in [5, 5.41) is 17.8. The number of hydrogen-bond donors (Lipinski definition) is 2. The van der Waals surface area contributed by atoms with Gasteiger partial charge in [0.15, 0.2) is 0 Å². The zero-order valence-electron chi connectivity index (χ0n) is 7.88. The van der Waals surface area contributed by atoms with Gasteiger partial charge in [-0.2, -0.15) is 0 Å². The normalized spacial score (nSPS) is 10.5. The van der Waals surface area contributed by atoms with Gasteiger partial charge in [0.2, 0.25) is 0 Å². The first-order valence-electron chi connectivity index (χ1n) is 4.33. The third-order valence-electron chi connectivity index (χ3n) is 2.25. The van der Waals surface area contributed by atoms with Gasteiger partial charge in [0.05, 0.1) is 0 Å². The molecule has 0 spiro atoms. The molecule has 82 valence electrons. The Morgan fingerprint density at radius 1 is 0.933 bits per heavy atom. The summed E-state index contributed by atoms with van der Waals surface area (Å²) in [5.74, 6) is 0. The lowest BCUT2D eigenvalue weighted by molar-refractivity contribution is 0.418. The number of rotatable bonds is 4. The Morgan fingerprint density at radius 3 is 1.93 bits per heavy atom. The third-order valence-corrected chi connectivity index (χ3v) is 2.25. The van der Waals surface area contributed by atoms with Crippen molar-refractivity contribution in [2.24, 2.45) is 0 Å². The van der Waals surface area contributed by atoms with Gasteiger partial charge in [0, 0.05) is 0 Å². The highest BCUT2D eigenvalue weighted by atomic mass is 19.1. The van der Waals surface area contributed by atoms with Crippen molar-refractivity contribution in [3.05, 3.63) is 28.8 Å². The molecule has 0 aliphatic carbocycles. The van der Waals surface area contributed by atoms with Gasteiger partial charge in [-0.1, -0.05) is 12.1 Å². The van der Waals surface area contributed by atoms with Crippen LogP contribution in [0.2, 0.25) is 0 Å². The van der Waals surface area contributed by atoms with Crippen molar-refractivity contribution in [1.29, 1.82) is 0 Å². The maximum absolute atomic E-state index is 12.6. The predicted octanol–water partition coefficient (Wildman–Crippen LogP) is 0.775. The third kappa shape index (κ3) is 2.32. The Balaban J connectivity index is 3.34. The van der Waals surface area contributed by atoms with Crippen molar-refractivity contribution < 1.29 is 23.2 Å². The largest absolute Gasteiger partial charge is 0.488 e. The first kappa shape index (κ1) is 12.1. The van der Waals surface area contributed by atoms with Crippen LogP contribution in [0.15, 0.2) is 12.1 Å². The van der Waals surface area contributed by atoms with Crippen LogP contribution in [0, 0.1) is 0 Å². The van der Waals surface area contributed by atoms with Gasteiger partial charge in [-0.25, -0.2) is 13.2 Å². The second-order valence-corrected chi connectivity index (χ2v) is 3.05. The highest BCUT2D eigenvalue weighted by molar-refractivity contribution is 6.59. The van der Waals surface area contributed by atoms with Crippen molar-refractivity contribution >= 4 is 12.6 Å². The van der Waals surface area contributed by atoms with Crippen molar-refractivity contribution in [1.82, 2.24) is 0 Å². The molecule has 0 radical (unpaired) electrons. The molecule has 0 aromatic heterocycles. The van der Waals surface area contributed by atoms with Gasteiger partial charge >= 0.3 is 7.12 Å². The first-order valence-corrected chi connectivity index (χ1v) is 4.33. The van der Waals surface area contributed by atoms with Crippen molar-refractivity contribution in [2.75, 3.05) is 0 Å². The van der Waals surface area contributed by atoms with Gasteiger partial charge in [-0.3, -0.25) is 0 Å². The molecule has 0 aliphatic rings. The van der Waals surface area contributed by atoms with Crippen LogP contribution < -0.4 is 5.46 Å². The van der Waals surface area contributed by atoms with Gasteiger partial charge in [-0.05, 0) is 22.2 Å². The van der Waals surface area contributed by atoms with Crippen LogP contribution >= 0.6 is 0 Å². The van der Waals surface area contributed by atoms with E-state index in [1.807, 2.05) is 0 Å². The van der Waals surface area contributed by atoms with Gasteiger partial charge in [-0.15, -0.1) is 0 Å². The Bertz CT molecular complexity index is 344. The lowest BCUT2D eigenvalue weighted by Gasteiger charge is -2.12. The van der Waals surface area contributed by atoms with Gasteiger partial charge in [0.25, 0.3) is 0 Å². The van der Waals surface area contributed by atoms with Crippen LogP contribution in [-0.2, 0) is 20.0 Å². The molecule has 0 bridgehead atoms. The fraction of sp³-hybridized carbons (Fsp3) is 0.333. The molecule has 2 nitrogen and oxygen atoms in total. The molecule has 0 saturated heterocycles. The van der Waals surface area contributed by atoms with E-state index >= 15 is 0 Å². The van der Waals surface area contributed by atoms with E-state index in [1.165, 1.54) is 12.1 Å². The molecule has 0 amide bonds. The van der Waals surface area contributed by atoms with E-state index in [4.69, 9.17) is 10.0 Å². The second kappa shape index (κ2) is 5.18. The molecule has 6 heteroatoms. The summed E-state index contributed by atoms with van der Waals surface area (Å²) in [6, 6.07) is 2.41. The van der Waals surface area contributed by atoms with E-state index in [-0.39, 0.29) is 22.2 Å². The molecule has 1 aromatic rings. The Hall–Kier alpha value is -1.01. The minimum absolute atomic E-state index is 0.0366. The van der Waals surface area contributed by atoms with E-state index in [1.54, 1.807) is 0 Å². The van der Waals surface area contributed by atoms with Crippen LogP contribution in [-0.4, -0.2) is 17.2 Å². The molecule has 0 atom stereocenters. The van der Waals surface area contributed by atoms with Crippen molar-refractivity contribution in [3.63, 3.8) is 0 Å². The van der Waals surface area contributed by atoms with Gasteiger partial charge in [0.1, 0.15) is 20.0 Å². The minimum Gasteiger partial charge on any atom is -0.423 e. The summed E-state index contributed by atoms with van der Waals surface area (Å²) in [6.07, 6.45) is 0. The molecule has 0 heterocycles. The Morgan fingerprint density at radius 2 is 1.53 bits per heavy atom. The fourth-order valence-electron chi connectivity index (χ4n) is 1.45. The molecular formula is C9H10BF3O2. The van der Waals surface area contributed by atoms with Crippen molar-refractivity contribution in [2.45, 2.75) is 20.0 Å². The summed E-state index contributed by atoms with van der Waals surface area (Å²) in [4.78, 5) is 0. The van der Waals surface area contributed by atoms with E-state index in [2.05, 4.69) is 0 Å². The zero-order valence-corrected chi connectivity index (χ0v) is 7.88. The molecule has 0 unspecified atom stereocenters. The summed E-state index contributed by atoms with van der Waals surface area (Å²) < 4.78 is 37.6. The van der Waals surface area contributed by atoms with E-state index in [9.17, 15) is 13.2 Å². The number of halogens is 3. The highest BCUT2D eigenvalue weighted by Crippen LogP contribution is 2.17. The van der Waals surface area contributed by atoms with Gasteiger partial charge < -0.3 is 10.0 Å². The molecule has 1 rings (SSSR count). The highest BCUT2D eigenvalue weighted by Gasteiger charge is 2.20. The maximum Gasteiger partial charge on any atom is 0.488 e. The first-order chi connectivity index (χ1) is 7.15. The number of alkyl halides is 3. The Kier molecular flexibility index (Phi) is 4.17. The lowest BCUT2D eigenvalue weighted by atomic mass is 9.75. The standard InChI is InChI=1S/C9H10BF3O2/c11-3-6-1-2-9(10(14)15)8(5-13)7(6)4-12/h1-2,14-15H,3-5H2. The topological polar surface area (TPSA) is 40.5 Å². The van der Waals surface area contributed by atoms with E-state index < -0.39 is 27.1 Å². The van der Waals surface area contributed by atoms with E-state index in [0.717, 1.165) is 0 Å². The molecule has 1 aromatic carbocycles. The summed E-state index contributed by atoms with van der Waals surface area (Å²) >= 11 is 0. The number of hydrogen-bond acceptors (Lipinski definition) is 2. The fourth-order valence-corrected chi connectivity index (χ4v) is 1.45. The Labute approximate surface area is 85.5 Å². The van der Waals surface area contributed by atoms with Crippen molar-refractivity contribution in [3.8, 4) is 0 Å². The molecular weight excluding hydrogens is 208 g/mol. The zero-order chi connectivity index (χ0) is 11.4. The maximum atomic E-state index is 12.6. The molecule has 0 fully saturated rings. The summed E-state index contributed by atoms with van der Waals surface area (Å²) in [6.45, 7) is -2.99. The van der Waals surface area contributed by atoms with Crippen LogP contribution in [0.3, 0.4) is 0 Å². The van der Waals surface area contributed by atoms with Crippen LogP contribution in [0.5, 0.6) is 0 Å². The molecule has 0 saturated carbocycles. The van der Waals surface area contributed by atoms with Crippen LogP contribution in [0.25, 0.3) is 0 Å². The smallest absolute Gasteiger partial charge is 0.423 e. The quantitative estimate of drug-likeness (QED) is 0.733.